The van der Waals surface area contributed by atoms with Crippen LogP contribution >= 0.6 is 11.3 Å². The molecule has 0 spiro atoms. The Bertz CT molecular complexity index is 440. The van der Waals surface area contributed by atoms with Crippen LogP contribution in [0, 0.1) is 6.92 Å². The highest BCUT2D eigenvalue weighted by Gasteiger charge is 2.32. The molecule has 2 unspecified atom stereocenters. The predicted molar refractivity (Wildman–Crippen MR) is 63.0 cm³/mol. The molecule has 1 aromatic rings. The van der Waals surface area contributed by atoms with E-state index < -0.39 is 21.5 Å². The van der Waals surface area contributed by atoms with E-state index in [1.165, 1.54) is 11.3 Å². The maximum atomic E-state index is 11.1. The van der Waals surface area contributed by atoms with Crippen LogP contribution in [0.15, 0.2) is 12.1 Å². The summed E-state index contributed by atoms with van der Waals surface area (Å²) in [5, 5.41) is 8.62. The number of thiophene rings is 1. The van der Waals surface area contributed by atoms with Gasteiger partial charge in [0.2, 0.25) is 0 Å². The lowest BCUT2D eigenvalue weighted by Crippen LogP contribution is -2.30. The van der Waals surface area contributed by atoms with Crippen molar-refractivity contribution in [3.05, 3.63) is 21.9 Å². The van der Waals surface area contributed by atoms with Gasteiger partial charge in [0.05, 0.1) is 0 Å². The van der Waals surface area contributed by atoms with Crippen molar-refractivity contribution in [1.29, 1.82) is 0 Å². The van der Waals surface area contributed by atoms with Crippen molar-refractivity contribution in [2.24, 2.45) is 5.73 Å². The third-order valence-corrected chi connectivity index (χ3v) is 4.57. The van der Waals surface area contributed by atoms with Crippen LogP contribution in [0.5, 0.6) is 0 Å². The van der Waals surface area contributed by atoms with E-state index in [0.29, 0.717) is 4.88 Å². The summed E-state index contributed by atoms with van der Waals surface area (Å²) in [4.78, 5) is 1.49. The van der Waals surface area contributed by atoms with Crippen LogP contribution in [0.4, 0.5) is 0 Å². The van der Waals surface area contributed by atoms with E-state index in [4.69, 9.17) is 10.3 Å². The summed E-state index contributed by atoms with van der Waals surface area (Å²) in [6.45, 7) is 1.94. The van der Waals surface area contributed by atoms with Gasteiger partial charge in [-0.15, -0.1) is 11.3 Å². The quantitative estimate of drug-likeness (QED) is 0.680. The number of aliphatic hydroxyl groups excluding tert-OH is 1. The van der Waals surface area contributed by atoms with E-state index in [2.05, 4.69) is 0 Å². The molecular formula is C9H15NO4S2. The van der Waals surface area contributed by atoms with Crippen molar-refractivity contribution in [1.82, 2.24) is 0 Å². The lowest BCUT2D eigenvalue weighted by Gasteiger charge is -2.18. The molecule has 92 valence electrons. The van der Waals surface area contributed by atoms with Crippen LogP contribution in [0.2, 0.25) is 0 Å². The largest absolute Gasteiger partial charge is 0.386 e. The fourth-order valence-electron chi connectivity index (χ4n) is 1.43. The van der Waals surface area contributed by atoms with Crippen LogP contribution < -0.4 is 5.73 Å². The average molecular weight is 265 g/mol. The molecule has 2 atom stereocenters. The first-order valence-electron chi connectivity index (χ1n) is 4.77. The summed E-state index contributed by atoms with van der Waals surface area (Å²) >= 11 is 1.30. The van der Waals surface area contributed by atoms with Gasteiger partial charge < -0.3 is 10.8 Å². The molecule has 0 aliphatic heterocycles. The maximum Gasteiger partial charge on any atom is 0.270 e. The molecule has 16 heavy (non-hydrogen) atoms. The second-order valence-corrected chi connectivity index (χ2v) is 6.48. The van der Waals surface area contributed by atoms with Gasteiger partial charge in [-0.3, -0.25) is 4.55 Å². The zero-order valence-electron chi connectivity index (χ0n) is 8.83. The molecule has 0 aliphatic carbocycles. The number of hydrogen-bond donors (Lipinski definition) is 3. The van der Waals surface area contributed by atoms with E-state index in [1.807, 2.05) is 6.92 Å². The van der Waals surface area contributed by atoms with E-state index >= 15 is 0 Å². The van der Waals surface area contributed by atoms with E-state index in [9.17, 15) is 13.5 Å². The molecule has 0 aromatic carbocycles. The second-order valence-electron chi connectivity index (χ2n) is 3.52. The standard InChI is InChI=1S/C9H15NO4S2/c1-6-2-3-7(15-6)9(11)8(4-5-10)16(12,13)14/h2-3,8-9,11H,4-5,10H2,1H3,(H,12,13,14). The molecule has 0 saturated heterocycles. The number of hydrogen-bond acceptors (Lipinski definition) is 5. The van der Waals surface area contributed by atoms with E-state index in [1.54, 1.807) is 12.1 Å². The predicted octanol–water partition coefficient (Wildman–Crippen LogP) is 0.695. The first-order valence-corrected chi connectivity index (χ1v) is 7.09. The maximum absolute atomic E-state index is 11.1. The molecule has 1 heterocycles. The lowest BCUT2D eigenvalue weighted by atomic mass is 10.1. The minimum Gasteiger partial charge on any atom is -0.386 e. The fraction of sp³-hybridized carbons (Fsp3) is 0.556. The highest BCUT2D eigenvalue weighted by Crippen LogP contribution is 2.29. The Hall–Kier alpha value is -0.470. The molecule has 1 rings (SSSR count). The van der Waals surface area contributed by atoms with Crippen LogP contribution in [-0.2, 0) is 10.1 Å². The summed E-state index contributed by atoms with van der Waals surface area (Å²) in [5.74, 6) is 0. The van der Waals surface area contributed by atoms with Crippen molar-refractivity contribution in [2.75, 3.05) is 6.54 Å². The van der Waals surface area contributed by atoms with Crippen molar-refractivity contribution >= 4 is 21.5 Å². The fourth-order valence-corrected chi connectivity index (χ4v) is 3.35. The van der Waals surface area contributed by atoms with Crippen molar-refractivity contribution < 1.29 is 18.1 Å². The van der Waals surface area contributed by atoms with Gasteiger partial charge in [-0.2, -0.15) is 8.42 Å². The van der Waals surface area contributed by atoms with Gasteiger partial charge in [-0.1, -0.05) is 0 Å². The minimum atomic E-state index is -4.29. The molecule has 7 heteroatoms. The molecule has 0 fully saturated rings. The van der Waals surface area contributed by atoms with Gasteiger partial charge >= 0.3 is 0 Å². The summed E-state index contributed by atoms with van der Waals surface area (Å²) < 4.78 is 31.2. The molecule has 0 radical (unpaired) electrons. The summed E-state index contributed by atoms with van der Waals surface area (Å²) in [7, 11) is -4.29. The molecule has 0 saturated carbocycles. The number of nitrogens with two attached hydrogens (primary N) is 1. The molecule has 5 nitrogen and oxygen atoms in total. The van der Waals surface area contributed by atoms with Gasteiger partial charge in [0, 0.05) is 9.75 Å². The molecule has 1 aromatic heterocycles. The molecule has 4 N–H and O–H groups in total. The monoisotopic (exact) mass is 265 g/mol. The van der Waals surface area contributed by atoms with E-state index in [0.717, 1.165) is 4.88 Å². The van der Waals surface area contributed by atoms with Gasteiger partial charge in [0.15, 0.2) is 0 Å². The molecule has 0 amide bonds. The Morgan fingerprint density at radius 1 is 1.50 bits per heavy atom. The normalized spacial score (nSPS) is 16.0. The van der Waals surface area contributed by atoms with Gasteiger partial charge in [0.25, 0.3) is 10.1 Å². The molecular weight excluding hydrogens is 250 g/mol. The minimum absolute atomic E-state index is 0.0247. The van der Waals surface area contributed by atoms with Crippen LogP contribution in [-0.4, -0.2) is 29.9 Å². The SMILES string of the molecule is Cc1ccc(C(O)C(CCN)S(=O)(=O)O)s1. The Morgan fingerprint density at radius 2 is 2.12 bits per heavy atom. The smallest absolute Gasteiger partial charge is 0.270 e. The number of aryl methyl sites for hydroxylation is 1. The topological polar surface area (TPSA) is 101 Å². The Balaban J connectivity index is 2.96. The molecule has 0 aliphatic rings. The molecule has 0 bridgehead atoms. The van der Waals surface area contributed by atoms with Crippen LogP contribution in [0.25, 0.3) is 0 Å². The lowest BCUT2D eigenvalue weighted by molar-refractivity contribution is 0.168. The summed E-state index contributed by atoms with van der Waals surface area (Å²) in [6, 6.07) is 3.44. The van der Waals surface area contributed by atoms with Crippen LogP contribution in [0.1, 0.15) is 22.3 Å². The third kappa shape index (κ3) is 3.26. The second kappa shape index (κ2) is 5.24. The Labute approximate surface area is 98.7 Å². The van der Waals surface area contributed by atoms with Gasteiger partial charge in [-0.05, 0) is 32.0 Å². The zero-order chi connectivity index (χ0) is 12.3. The summed E-state index contributed by atoms with van der Waals surface area (Å²) in [6.07, 6.45) is -1.20. The van der Waals surface area contributed by atoms with Crippen LogP contribution in [0.3, 0.4) is 0 Å². The number of rotatable bonds is 5. The summed E-state index contributed by atoms with van der Waals surface area (Å²) in [5.41, 5.74) is 5.26. The first-order chi connectivity index (χ1) is 7.36. The Kier molecular flexibility index (Phi) is 4.45. The van der Waals surface area contributed by atoms with Crippen molar-refractivity contribution in [3.63, 3.8) is 0 Å². The first kappa shape index (κ1) is 13.6. The highest BCUT2D eigenvalue weighted by atomic mass is 32.2. The van der Waals surface area contributed by atoms with Gasteiger partial charge in [0.1, 0.15) is 11.4 Å². The highest BCUT2D eigenvalue weighted by molar-refractivity contribution is 7.86. The third-order valence-electron chi connectivity index (χ3n) is 2.24. The average Bonchev–Trinajstić information content (AvgIpc) is 2.58. The Morgan fingerprint density at radius 3 is 2.50 bits per heavy atom. The van der Waals surface area contributed by atoms with Gasteiger partial charge in [-0.25, -0.2) is 0 Å². The van der Waals surface area contributed by atoms with E-state index in [-0.39, 0.29) is 13.0 Å². The van der Waals surface area contributed by atoms with Crippen molar-refractivity contribution in [3.8, 4) is 0 Å². The number of aliphatic hydroxyl groups is 1. The zero-order valence-corrected chi connectivity index (χ0v) is 10.5. The van der Waals surface area contributed by atoms with Crippen molar-refractivity contribution in [2.45, 2.75) is 24.7 Å².